The molecule has 1 unspecified atom stereocenters. The topological polar surface area (TPSA) is 61.8 Å². The van der Waals surface area contributed by atoms with Gasteiger partial charge in [0.05, 0.1) is 6.04 Å². The Balaban J connectivity index is 2.67. The summed E-state index contributed by atoms with van der Waals surface area (Å²) in [5.74, 6) is 0.370. The summed E-state index contributed by atoms with van der Waals surface area (Å²) in [4.78, 5) is 2.37. The average Bonchev–Trinajstić information content (AvgIpc) is 2.68. The lowest BCUT2D eigenvalue weighted by Gasteiger charge is -2.30. The van der Waals surface area contributed by atoms with Crippen LogP contribution in [-0.4, -0.2) is 34.6 Å². The molecular weight excluding hydrogens is 178 g/mol. The van der Waals surface area contributed by atoms with Crippen LogP contribution in [0.2, 0.25) is 0 Å². The first-order valence-electron chi connectivity index (χ1n) is 5.47. The molecule has 4 heteroatoms. The summed E-state index contributed by atoms with van der Waals surface area (Å²) in [7, 11) is 0. The van der Waals surface area contributed by atoms with Crippen molar-refractivity contribution in [3.63, 3.8) is 0 Å². The summed E-state index contributed by atoms with van der Waals surface area (Å²) >= 11 is 0. The molecule has 0 amide bonds. The molecule has 1 rings (SSSR count). The molecule has 82 valence electrons. The fraction of sp³-hybridized carbons (Fsp3) is 0.900. The normalized spacial score (nSPS) is 24.8. The summed E-state index contributed by atoms with van der Waals surface area (Å²) in [6.07, 6.45) is 4.43. The van der Waals surface area contributed by atoms with Crippen LogP contribution in [0.3, 0.4) is 0 Å². The van der Waals surface area contributed by atoms with Gasteiger partial charge in [0.1, 0.15) is 0 Å². The lowest BCUT2D eigenvalue weighted by Crippen LogP contribution is -2.45. The van der Waals surface area contributed by atoms with Crippen LogP contribution in [0.1, 0.15) is 39.5 Å². The third kappa shape index (κ3) is 2.18. The maximum absolute atomic E-state index is 8.68. The van der Waals surface area contributed by atoms with Crippen molar-refractivity contribution in [2.45, 2.75) is 51.6 Å². The number of nitrogens with zero attached hydrogens (tertiary/aromatic N) is 2. The highest BCUT2D eigenvalue weighted by atomic mass is 16.4. The monoisotopic (exact) mass is 199 g/mol. The highest BCUT2D eigenvalue weighted by Gasteiger charge is 2.31. The van der Waals surface area contributed by atoms with Gasteiger partial charge in [-0.25, -0.2) is 0 Å². The van der Waals surface area contributed by atoms with Gasteiger partial charge in [0.15, 0.2) is 5.84 Å². The first-order chi connectivity index (χ1) is 6.74. The van der Waals surface area contributed by atoms with Crippen LogP contribution in [-0.2, 0) is 0 Å². The number of rotatable bonds is 4. The van der Waals surface area contributed by atoms with Crippen LogP contribution < -0.4 is 5.73 Å². The Hall–Kier alpha value is -0.770. The minimum atomic E-state index is 0.157. The molecule has 0 radical (unpaired) electrons. The van der Waals surface area contributed by atoms with E-state index in [4.69, 9.17) is 10.9 Å². The van der Waals surface area contributed by atoms with Crippen LogP contribution in [0.25, 0.3) is 0 Å². The summed E-state index contributed by atoms with van der Waals surface area (Å²) in [6, 6.07) is 0.729. The molecule has 1 aliphatic rings. The van der Waals surface area contributed by atoms with E-state index in [2.05, 4.69) is 23.9 Å². The molecule has 0 aromatic rings. The van der Waals surface area contributed by atoms with Gasteiger partial charge < -0.3 is 10.9 Å². The van der Waals surface area contributed by atoms with Crippen molar-refractivity contribution in [2.24, 2.45) is 10.9 Å². The molecule has 1 heterocycles. The van der Waals surface area contributed by atoms with E-state index < -0.39 is 0 Å². The van der Waals surface area contributed by atoms with Crippen molar-refractivity contribution in [1.29, 1.82) is 0 Å². The molecule has 1 atom stereocenters. The largest absolute Gasteiger partial charge is 0.409 e. The second-order valence-corrected chi connectivity index (χ2v) is 3.89. The van der Waals surface area contributed by atoms with Crippen LogP contribution in [0.5, 0.6) is 0 Å². The Morgan fingerprint density at radius 1 is 1.57 bits per heavy atom. The molecule has 0 spiro atoms. The van der Waals surface area contributed by atoms with E-state index in [1.807, 2.05) is 0 Å². The van der Waals surface area contributed by atoms with Crippen LogP contribution in [0, 0.1) is 0 Å². The van der Waals surface area contributed by atoms with Gasteiger partial charge in [-0.1, -0.05) is 19.0 Å². The first-order valence-corrected chi connectivity index (χ1v) is 5.47. The van der Waals surface area contributed by atoms with Gasteiger partial charge in [0.25, 0.3) is 0 Å². The molecule has 0 aromatic heterocycles. The molecule has 14 heavy (non-hydrogen) atoms. The Kier molecular flexibility index (Phi) is 4.20. The predicted octanol–water partition coefficient (Wildman–Crippen LogP) is 1.39. The molecule has 0 saturated carbocycles. The number of nitrogens with two attached hydrogens (primary N) is 1. The Morgan fingerprint density at radius 2 is 2.21 bits per heavy atom. The van der Waals surface area contributed by atoms with E-state index in [1.165, 1.54) is 0 Å². The van der Waals surface area contributed by atoms with Gasteiger partial charge in [-0.05, 0) is 32.2 Å². The van der Waals surface area contributed by atoms with Gasteiger partial charge in [-0.15, -0.1) is 0 Å². The Morgan fingerprint density at radius 3 is 2.71 bits per heavy atom. The summed E-state index contributed by atoms with van der Waals surface area (Å²) in [5, 5.41) is 11.8. The molecule has 4 nitrogen and oxygen atoms in total. The van der Waals surface area contributed by atoms with Crippen LogP contribution >= 0.6 is 0 Å². The number of oxime groups is 1. The summed E-state index contributed by atoms with van der Waals surface area (Å²) in [5.41, 5.74) is 5.67. The highest BCUT2D eigenvalue weighted by molar-refractivity contribution is 5.85. The second kappa shape index (κ2) is 5.20. The van der Waals surface area contributed by atoms with Crippen molar-refractivity contribution >= 4 is 5.84 Å². The quantitative estimate of drug-likeness (QED) is 0.311. The fourth-order valence-electron chi connectivity index (χ4n) is 2.37. The van der Waals surface area contributed by atoms with Crippen LogP contribution in [0.4, 0.5) is 0 Å². The van der Waals surface area contributed by atoms with Gasteiger partial charge in [-0.2, -0.15) is 0 Å². The number of likely N-dealkylation sites (tertiary alicyclic amines) is 1. The predicted molar refractivity (Wildman–Crippen MR) is 57.5 cm³/mol. The molecule has 1 fully saturated rings. The fourth-order valence-corrected chi connectivity index (χ4v) is 2.37. The first kappa shape index (κ1) is 11.3. The Labute approximate surface area is 85.8 Å². The third-order valence-electron chi connectivity index (χ3n) is 3.16. The molecule has 0 bridgehead atoms. The third-order valence-corrected chi connectivity index (χ3v) is 3.16. The van der Waals surface area contributed by atoms with Gasteiger partial charge in [-0.3, -0.25) is 4.90 Å². The van der Waals surface area contributed by atoms with Crippen molar-refractivity contribution in [1.82, 2.24) is 4.90 Å². The minimum absolute atomic E-state index is 0.157. The van der Waals surface area contributed by atoms with Gasteiger partial charge >= 0.3 is 0 Å². The highest BCUT2D eigenvalue weighted by Crippen LogP contribution is 2.23. The molecule has 0 aromatic carbocycles. The second-order valence-electron chi connectivity index (χ2n) is 3.89. The molecule has 0 aliphatic carbocycles. The number of hydrogen-bond donors (Lipinski definition) is 2. The zero-order valence-electron chi connectivity index (χ0n) is 9.11. The Bertz CT molecular complexity index is 202. The molecule has 1 saturated heterocycles. The maximum atomic E-state index is 8.68. The number of amidine groups is 1. The van der Waals surface area contributed by atoms with E-state index in [9.17, 15) is 0 Å². The van der Waals surface area contributed by atoms with Gasteiger partial charge in [0, 0.05) is 6.04 Å². The van der Waals surface area contributed by atoms with E-state index >= 15 is 0 Å². The van der Waals surface area contributed by atoms with Crippen LogP contribution in [0.15, 0.2) is 5.16 Å². The number of hydrogen-bond acceptors (Lipinski definition) is 3. The van der Waals surface area contributed by atoms with Crippen molar-refractivity contribution in [2.75, 3.05) is 6.54 Å². The molecular formula is C10H21N3O. The lowest BCUT2D eigenvalue weighted by atomic mass is 10.1. The van der Waals surface area contributed by atoms with Gasteiger partial charge in [0.2, 0.25) is 0 Å². The zero-order valence-corrected chi connectivity index (χ0v) is 9.11. The molecule has 3 N–H and O–H groups in total. The summed E-state index contributed by atoms with van der Waals surface area (Å²) < 4.78 is 0. The van der Waals surface area contributed by atoms with Crippen molar-refractivity contribution in [3.05, 3.63) is 0 Å². The summed E-state index contributed by atoms with van der Waals surface area (Å²) in [6.45, 7) is 5.46. The smallest absolute Gasteiger partial charge is 0.156 e. The minimum Gasteiger partial charge on any atom is -0.409 e. The van der Waals surface area contributed by atoms with E-state index in [0.717, 1.165) is 32.2 Å². The average molecular weight is 199 g/mol. The SMILES string of the molecule is CCC(CC)N1CCCC1C(N)=NO. The lowest BCUT2D eigenvalue weighted by molar-refractivity contribution is 0.199. The molecule has 1 aliphatic heterocycles. The standard InChI is InChI=1S/C10H21N3O/c1-3-8(4-2)13-7-5-6-9(13)10(11)12-14/h8-9,14H,3-7H2,1-2H3,(H2,11,12). The van der Waals surface area contributed by atoms with E-state index in [-0.39, 0.29) is 6.04 Å². The maximum Gasteiger partial charge on any atom is 0.156 e. The zero-order chi connectivity index (χ0) is 10.6. The van der Waals surface area contributed by atoms with Crippen molar-refractivity contribution in [3.8, 4) is 0 Å². The van der Waals surface area contributed by atoms with E-state index in [1.54, 1.807) is 0 Å². The van der Waals surface area contributed by atoms with Crippen molar-refractivity contribution < 1.29 is 5.21 Å². The van der Waals surface area contributed by atoms with E-state index in [0.29, 0.717) is 11.9 Å².